The molecule has 5 rings (SSSR count). The average molecular weight is 326 g/mol. The molecule has 0 saturated heterocycles. The SMILES string of the molecule is NC1CCc2ncc(NC(=O)NCC3CC4C=CC3CC4)cc2C1. The molecule has 5 heteroatoms. The molecule has 2 bridgehead atoms. The highest BCUT2D eigenvalue weighted by molar-refractivity contribution is 5.89. The topological polar surface area (TPSA) is 80.0 Å². The third kappa shape index (κ3) is 3.31. The second-order valence-electron chi connectivity index (χ2n) is 7.55. The first-order valence-electron chi connectivity index (χ1n) is 9.14. The van der Waals surface area contributed by atoms with Gasteiger partial charge in [0.2, 0.25) is 0 Å². The molecule has 4 unspecified atom stereocenters. The second kappa shape index (κ2) is 6.55. The Hall–Kier alpha value is -1.88. The van der Waals surface area contributed by atoms with Crippen LogP contribution in [0.4, 0.5) is 10.5 Å². The van der Waals surface area contributed by atoms with Crippen LogP contribution in [0.3, 0.4) is 0 Å². The Balaban J connectivity index is 1.32. The van der Waals surface area contributed by atoms with Crippen molar-refractivity contribution in [2.75, 3.05) is 11.9 Å². The summed E-state index contributed by atoms with van der Waals surface area (Å²) in [4.78, 5) is 16.7. The Labute approximate surface area is 143 Å². The number of hydrogen-bond donors (Lipinski definition) is 3. The number of hydrogen-bond acceptors (Lipinski definition) is 3. The monoisotopic (exact) mass is 326 g/mol. The van der Waals surface area contributed by atoms with Crippen LogP contribution in [0.2, 0.25) is 0 Å². The molecule has 4 aliphatic carbocycles. The van der Waals surface area contributed by atoms with Crippen LogP contribution in [-0.4, -0.2) is 23.6 Å². The number of carbonyl (C=O) groups is 1. The summed E-state index contributed by atoms with van der Waals surface area (Å²) in [6.07, 6.45) is 13.0. The van der Waals surface area contributed by atoms with E-state index in [0.29, 0.717) is 11.8 Å². The molecule has 1 aromatic rings. The van der Waals surface area contributed by atoms with Crippen molar-refractivity contribution in [3.63, 3.8) is 0 Å². The number of nitrogens with one attached hydrogen (secondary N) is 2. The third-order valence-corrected chi connectivity index (χ3v) is 5.79. The minimum atomic E-state index is -0.137. The van der Waals surface area contributed by atoms with Gasteiger partial charge in [-0.15, -0.1) is 0 Å². The molecule has 1 saturated carbocycles. The number of urea groups is 1. The van der Waals surface area contributed by atoms with Crippen molar-refractivity contribution in [3.05, 3.63) is 35.7 Å². The maximum atomic E-state index is 12.2. The summed E-state index contributed by atoms with van der Waals surface area (Å²) in [5, 5.41) is 5.96. The predicted molar refractivity (Wildman–Crippen MR) is 94.7 cm³/mol. The van der Waals surface area contributed by atoms with Gasteiger partial charge in [-0.2, -0.15) is 0 Å². The van der Waals surface area contributed by atoms with Crippen LogP contribution in [-0.2, 0) is 12.8 Å². The maximum absolute atomic E-state index is 12.2. The highest BCUT2D eigenvalue weighted by atomic mass is 16.2. The van der Waals surface area contributed by atoms with E-state index in [9.17, 15) is 4.79 Å². The predicted octanol–water partition coefficient (Wildman–Crippen LogP) is 2.62. The van der Waals surface area contributed by atoms with Crippen molar-refractivity contribution in [2.45, 2.75) is 44.6 Å². The van der Waals surface area contributed by atoms with Crippen molar-refractivity contribution < 1.29 is 4.79 Å². The first kappa shape index (κ1) is 15.6. The first-order chi connectivity index (χ1) is 11.7. The molecule has 0 aliphatic heterocycles. The zero-order valence-corrected chi connectivity index (χ0v) is 14.0. The van der Waals surface area contributed by atoms with Crippen molar-refractivity contribution >= 4 is 11.7 Å². The lowest BCUT2D eigenvalue weighted by molar-refractivity contribution is 0.211. The molecule has 0 spiro atoms. The fraction of sp³-hybridized carbons (Fsp3) is 0.579. The van der Waals surface area contributed by atoms with E-state index in [0.717, 1.165) is 43.1 Å². The summed E-state index contributed by atoms with van der Waals surface area (Å²) in [5.74, 6) is 1.94. The van der Waals surface area contributed by atoms with Crippen molar-refractivity contribution in [1.82, 2.24) is 10.3 Å². The summed E-state index contributed by atoms with van der Waals surface area (Å²) < 4.78 is 0. The van der Waals surface area contributed by atoms with Crippen molar-refractivity contribution in [3.8, 4) is 0 Å². The molecule has 4 aliphatic rings. The Morgan fingerprint density at radius 1 is 1.29 bits per heavy atom. The van der Waals surface area contributed by atoms with Crippen LogP contribution in [0.25, 0.3) is 0 Å². The zero-order chi connectivity index (χ0) is 16.5. The van der Waals surface area contributed by atoms with Gasteiger partial charge in [0.25, 0.3) is 0 Å². The molecular weight excluding hydrogens is 300 g/mol. The number of rotatable bonds is 3. The molecule has 0 radical (unpaired) electrons. The number of nitrogens with two attached hydrogens (primary N) is 1. The van der Waals surface area contributed by atoms with Gasteiger partial charge in [0.05, 0.1) is 11.9 Å². The van der Waals surface area contributed by atoms with Gasteiger partial charge in [0, 0.05) is 18.3 Å². The summed E-state index contributed by atoms with van der Waals surface area (Å²) in [6.45, 7) is 0.751. The van der Waals surface area contributed by atoms with Gasteiger partial charge in [0.15, 0.2) is 0 Å². The van der Waals surface area contributed by atoms with Gasteiger partial charge in [-0.1, -0.05) is 12.2 Å². The fourth-order valence-electron chi connectivity index (χ4n) is 4.40. The largest absolute Gasteiger partial charge is 0.338 e. The molecule has 1 aromatic heterocycles. The van der Waals surface area contributed by atoms with E-state index in [1.54, 1.807) is 6.20 Å². The number of allylic oxidation sites excluding steroid dienone is 2. The highest BCUT2D eigenvalue weighted by Gasteiger charge is 2.31. The Morgan fingerprint density at radius 3 is 2.96 bits per heavy atom. The number of anilines is 1. The summed E-state index contributed by atoms with van der Waals surface area (Å²) in [5.41, 5.74) is 9.07. The number of amides is 2. The van der Waals surface area contributed by atoms with Crippen LogP contribution >= 0.6 is 0 Å². The molecule has 5 nitrogen and oxygen atoms in total. The first-order valence-corrected chi connectivity index (χ1v) is 9.14. The van der Waals surface area contributed by atoms with Gasteiger partial charge < -0.3 is 16.4 Å². The van der Waals surface area contributed by atoms with Crippen LogP contribution in [0.5, 0.6) is 0 Å². The number of nitrogens with zero attached hydrogens (tertiary/aromatic N) is 1. The minimum Gasteiger partial charge on any atom is -0.338 e. The molecule has 4 atom stereocenters. The summed E-state index contributed by atoms with van der Waals surface area (Å²) >= 11 is 0. The molecule has 1 fully saturated rings. The van der Waals surface area contributed by atoms with Gasteiger partial charge in [-0.25, -0.2) is 4.79 Å². The quantitative estimate of drug-likeness (QED) is 0.747. The van der Waals surface area contributed by atoms with Crippen molar-refractivity contribution in [1.29, 1.82) is 0 Å². The van der Waals surface area contributed by atoms with E-state index in [-0.39, 0.29) is 12.1 Å². The van der Waals surface area contributed by atoms with E-state index < -0.39 is 0 Å². The summed E-state index contributed by atoms with van der Waals surface area (Å²) in [7, 11) is 0. The molecule has 1 heterocycles. The lowest BCUT2D eigenvalue weighted by atomic mass is 9.69. The van der Waals surface area contributed by atoms with E-state index in [1.807, 2.05) is 6.07 Å². The summed E-state index contributed by atoms with van der Waals surface area (Å²) in [6, 6.07) is 2.09. The minimum absolute atomic E-state index is 0.137. The van der Waals surface area contributed by atoms with E-state index in [4.69, 9.17) is 5.73 Å². The Morgan fingerprint density at radius 2 is 2.21 bits per heavy atom. The molecule has 4 N–H and O–H groups in total. The van der Waals surface area contributed by atoms with Gasteiger partial charge in [-0.3, -0.25) is 4.98 Å². The van der Waals surface area contributed by atoms with Gasteiger partial charge in [0.1, 0.15) is 0 Å². The Bertz CT molecular complexity index is 657. The lowest BCUT2D eigenvalue weighted by Crippen LogP contribution is -2.39. The fourth-order valence-corrected chi connectivity index (χ4v) is 4.40. The van der Waals surface area contributed by atoms with Gasteiger partial charge in [-0.05, 0) is 67.9 Å². The van der Waals surface area contributed by atoms with Crippen LogP contribution < -0.4 is 16.4 Å². The van der Waals surface area contributed by atoms with E-state index in [2.05, 4.69) is 27.8 Å². The Kier molecular flexibility index (Phi) is 4.27. The number of aromatic nitrogens is 1. The number of pyridine rings is 1. The second-order valence-corrected chi connectivity index (χ2v) is 7.55. The number of aryl methyl sites for hydroxylation is 1. The van der Waals surface area contributed by atoms with Crippen LogP contribution in [0, 0.1) is 17.8 Å². The average Bonchev–Trinajstić information content (AvgIpc) is 2.61. The standard InChI is InChI=1S/C19H26N4O/c20-16-5-6-18-14(8-16)9-17(11-21-18)23-19(24)22-10-15-7-12-1-3-13(15)4-2-12/h1,3,9,11-13,15-16H,2,4-8,10,20H2,(H2,22,23,24). The third-order valence-electron chi connectivity index (χ3n) is 5.79. The van der Waals surface area contributed by atoms with Crippen LogP contribution in [0.15, 0.2) is 24.4 Å². The zero-order valence-electron chi connectivity index (χ0n) is 14.0. The number of fused-ring (bicyclic) bond motifs is 3. The maximum Gasteiger partial charge on any atom is 0.319 e. The molecule has 24 heavy (non-hydrogen) atoms. The smallest absolute Gasteiger partial charge is 0.319 e. The molecular formula is C19H26N4O. The molecule has 2 amide bonds. The normalized spacial score (nSPS) is 30.7. The van der Waals surface area contributed by atoms with E-state index >= 15 is 0 Å². The lowest BCUT2D eigenvalue weighted by Gasteiger charge is -2.38. The van der Waals surface area contributed by atoms with Gasteiger partial charge >= 0.3 is 6.03 Å². The number of carbonyl (C=O) groups excluding carboxylic acids is 1. The van der Waals surface area contributed by atoms with Crippen LogP contribution in [0.1, 0.15) is 36.9 Å². The molecule has 0 aromatic carbocycles. The molecule has 128 valence electrons. The van der Waals surface area contributed by atoms with Crippen molar-refractivity contribution in [2.24, 2.45) is 23.5 Å². The highest BCUT2D eigenvalue weighted by Crippen LogP contribution is 2.39. The van der Waals surface area contributed by atoms with E-state index in [1.165, 1.54) is 24.8 Å².